The minimum atomic E-state index is -0.560. The predicted octanol–water partition coefficient (Wildman–Crippen LogP) is 2.58. The highest BCUT2D eigenvalue weighted by Crippen LogP contribution is 2.23. The molecule has 0 aliphatic heterocycles. The summed E-state index contributed by atoms with van der Waals surface area (Å²) in [5.74, 6) is 0.602. The number of benzene rings is 1. The molecular weight excluding hydrogens is 244 g/mol. The lowest BCUT2D eigenvalue weighted by molar-refractivity contribution is 0.0295. The number of likely N-dealkylation sites (N-methyl/N-ethyl adjacent to an activating group) is 1. The molecule has 0 atom stereocenters. The third-order valence-corrected chi connectivity index (χ3v) is 2.41. The number of hydrogen-bond donors (Lipinski definition) is 1. The van der Waals surface area contributed by atoms with Crippen LogP contribution in [0.3, 0.4) is 0 Å². The van der Waals surface area contributed by atoms with Crippen LogP contribution in [0.2, 0.25) is 0 Å². The lowest BCUT2D eigenvalue weighted by Gasteiger charge is -2.28. The van der Waals surface area contributed by atoms with Crippen LogP contribution in [0.4, 0.5) is 10.5 Å². The summed E-state index contributed by atoms with van der Waals surface area (Å²) in [5, 5.41) is 2.69. The fraction of sp³-hybridized carbons (Fsp3) is 0.500. The number of carbonyl (C=O) groups excluding carboxylic acids is 1. The largest absolute Gasteiger partial charge is 0.495 e. The third-order valence-electron chi connectivity index (χ3n) is 2.41. The van der Waals surface area contributed by atoms with E-state index in [0.29, 0.717) is 18.0 Å². The van der Waals surface area contributed by atoms with Crippen LogP contribution in [0.5, 0.6) is 5.75 Å². The maximum atomic E-state index is 11.9. The van der Waals surface area contributed by atoms with Gasteiger partial charge in [0.05, 0.1) is 12.8 Å². The molecule has 0 heterocycles. The Morgan fingerprint density at radius 2 is 1.95 bits per heavy atom. The van der Waals surface area contributed by atoms with E-state index in [-0.39, 0.29) is 0 Å². The molecule has 0 aliphatic rings. The topological polar surface area (TPSA) is 50.8 Å². The molecule has 19 heavy (non-hydrogen) atoms. The van der Waals surface area contributed by atoms with Gasteiger partial charge in [-0.3, -0.25) is 5.32 Å². The van der Waals surface area contributed by atoms with Gasteiger partial charge in [-0.25, -0.2) is 4.79 Å². The average molecular weight is 266 g/mol. The molecule has 0 aliphatic carbocycles. The summed E-state index contributed by atoms with van der Waals surface area (Å²) < 4.78 is 10.6. The van der Waals surface area contributed by atoms with Crippen LogP contribution in [0.1, 0.15) is 13.8 Å². The minimum Gasteiger partial charge on any atom is -0.495 e. The highest BCUT2D eigenvalue weighted by atomic mass is 16.6. The molecule has 0 aromatic heterocycles. The quantitative estimate of drug-likeness (QED) is 0.890. The summed E-state index contributed by atoms with van der Waals surface area (Å²) in [4.78, 5) is 13.8. The number of methoxy groups -OCH3 is 1. The maximum Gasteiger partial charge on any atom is 0.412 e. The molecule has 0 saturated carbocycles. The number of amides is 1. The summed E-state index contributed by atoms with van der Waals surface area (Å²) >= 11 is 0. The molecule has 0 radical (unpaired) electrons. The Hall–Kier alpha value is -1.75. The lowest BCUT2D eigenvalue weighted by Crippen LogP contribution is -2.40. The van der Waals surface area contributed by atoms with Crippen molar-refractivity contribution >= 4 is 11.8 Å². The van der Waals surface area contributed by atoms with Crippen molar-refractivity contribution in [1.82, 2.24) is 4.90 Å². The van der Waals surface area contributed by atoms with Crippen molar-refractivity contribution in [3.63, 3.8) is 0 Å². The van der Waals surface area contributed by atoms with Crippen molar-refractivity contribution in [2.24, 2.45) is 0 Å². The molecule has 0 saturated heterocycles. The van der Waals surface area contributed by atoms with E-state index in [1.54, 1.807) is 19.2 Å². The second-order valence-electron chi connectivity index (χ2n) is 5.21. The van der Waals surface area contributed by atoms with E-state index in [0.717, 1.165) is 0 Å². The second-order valence-corrected chi connectivity index (χ2v) is 5.21. The Balaban J connectivity index is 2.65. The Bertz CT molecular complexity index is 430. The van der Waals surface area contributed by atoms with Gasteiger partial charge >= 0.3 is 6.09 Å². The van der Waals surface area contributed by atoms with E-state index in [2.05, 4.69) is 5.32 Å². The molecular formula is C14H22N2O3. The van der Waals surface area contributed by atoms with E-state index >= 15 is 0 Å². The number of nitrogens with one attached hydrogen (secondary N) is 1. The second kappa shape index (κ2) is 6.43. The SMILES string of the molecule is COc1ccccc1NC(=O)OC(C)(C)CN(C)C. The van der Waals surface area contributed by atoms with Crippen LogP contribution >= 0.6 is 0 Å². The smallest absolute Gasteiger partial charge is 0.412 e. The van der Waals surface area contributed by atoms with Gasteiger partial charge in [0.1, 0.15) is 11.4 Å². The van der Waals surface area contributed by atoms with Gasteiger partial charge in [-0.05, 0) is 40.1 Å². The van der Waals surface area contributed by atoms with Crippen molar-refractivity contribution in [3.8, 4) is 5.75 Å². The first-order valence-corrected chi connectivity index (χ1v) is 6.12. The van der Waals surface area contributed by atoms with Crippen LogP contribution < -0.4 is 10.1 Å². The van der Waals surface area contributed by atoms with Gasteiger partial charge in [-0.15, -0.1) is 0 Å². The predicted molar refractivity (Wildman–Crippen MR) is 75.7 cm³/mol. The number of rotatable bonds is 5. The standard InChI is InChI=1S/C14H22N2O3/c1-14(2,10-16(3)4)19-13(17)15-11-8-6-7-9-12(11)18-5/h6-9H,10H2,1-5H3,(H,15,17). The first kappa shape index (κ1) is 15.3. The van der Waals surface area contributed by atoms with Gasteiger partial charge in [0.15, 0.2) is 0 Å². The van der Waals surface area contributed by atoms with Crippen molar-refractivity contribution in [1.29, 1.82) is 0 Å². The minimum absolute atomic E-state index is 0.489. The monoisotopic (exact) mass is 266 g/mol. The molecule has 106 valence electrons. The Labute approximate surface area is 114 Å². The van der Waals surface area contributed by atoms with Crippen LogP contribution in [0.15, 0.2) is 24.3 Å². The van der Waals surface area contributed by atoms with Gasteiger partial charge < -0.3 is 14.4 Å². The van der Waals surface area contributed by atoms with Crippen LogP contribution in [-0.2, 0) is 4.74 Å². The molecule has 0 bridgehead atoms. The highest BCUT2D eigenvalue weighted by Gasteiger charge is 2.24. The molecule has 1 rings (SSSR count). The maximum absolute atomic E-state index is 11.9. The first-order valence-electron chi connectivity index (χ1n) is 6.12. The van der Waals surface area contributed by atoms with E-state index < -0.39 is 11.7 Å². The van der Waals surface area contributed by atoms with E-state index in [1.807, 2.05) is 45.0 Å². The van der Waals surface area contributed by atoms with Gasteiger partial charge in [0, 0.05) is 6.54 Å². The van der Waals surface area contributed by atoms with Gasteiger partial charge in [-0.2, -0.15) is 0 Å². The van der Waals surface area contributed by atoms with Crippen LogP contribution in [0.25, 0.3) is 0 Å². The lowest BCUT2D eigenvalue weighted by atomic mass is 10.1. The highest BCUT2D eigenvalue weighted by molar-refractivity contribution is 5.86. The molecule has 0 fully saturated rings. The Kier molecular flexibility index (Phi) is 5.18. The number of para-hydroxylation sites is 2. The van der Waals surface area contributed by atoms with Crippen molar-refractivity contribution < 1.29 is 14.3 Å². The summed E-state index contributed by atoms with van der Waals surface area (Å²) in [5.41, 5.74) is 0.0333. The van der Waals surface area contributed by atoms with Gasteiger partial charge in [-0.1, -0.05) is 12.1 Å². The van der Waals surface area contributed by atoms with Gasteiger partial charge in [0.2, 0.25) is 0 Å². The number of nitrogens with zero attached hydrogens (tertiary/aromatic N) is 1. The Morgan fingerprint density at radius 1 is 1.32 bits per heavy atom. The number of hydrogen-bond acceptors (Lipinski definition) is 4. The molecule has 1 aromatic rings. The van der Waals surface area contributed by atoms with Crippen molar-refractivity contribution in [3.05, 3.63) is 24.3 Å². The molecule has 5 nitrogen and oxygen atoms in total. The molecule has 1 N–H and O–H groups in total. The molecule has 1 aromatic carbocycles. The van der Waals surface area contributed by atoms with E-state index in [9.17, 15) is 4.79 Å². The summed E-state index contributed by atoms with van der Waals surface area (Å²) in [6.45, 7) is 4.38. The zero-order chi connectivity index (χ0) is 14.5. The summed E-state index contributed by atoms with van der Waals surface area (Å²) in [6, 6.07) is 7.20. The van der Waals surface area contributed by atoms with Crippen molar-refractivity contribution in [2.45, 2.75) is 19.4 Å². The molecule has 0 unspecified atom stereocenters. The molecule has 5 heteroatoms. The van der Waals surface area contributed by atoms with E-state index in [4.69, 9.17) is 9.47 Å². The first-order chi connectivity index (χ1) is 8.84. The third kappa shape index (κ3) is 5.18. The fourth-order valence-corrected chi connectivity index (χ4v) is 1.93. The van der Waals surface area contributed by atoms with Gasteiger partial charge in [0.25, 0.3) is 0 Å². The Morgan fingerprint density at radius 3 is 2.53 bits per heavy atom. The van der Waals surface area contributed by atoms with E-state index in [1.165, 1.54) is 0 Å². The average Bonchev–Trinajstić information content (AvgIpc) is 2.26. The number of carbonyl (C=O) groups is 1. The zero-order valence-corrected chi connectivity index (χ0v) is 12.2. The molecule has 0 spiro atoms. The van der Waals surface area contributed by atoms with Crippen LogP contribution in [-0.4, -0.2) is 44.3 Å². The summed E-state index contributed by atoms with van der Waals surface area (Å²) in [6.07, 6.45) is -0.489. The van der Waals surface area contributed by atoms with Crippen molar-refractivity contribution in [2.75, 3.05) is 33.1 Å². The summed E-state index contributed by atoms with van der Waals surface area (Å²) in [7, 11) is 5.42. The molecule has 1 amide bonds. The number of ether oxygens (including phenoxy) is 2. The number of anilines is 1. The fourth-order valence-electron chi connectivity index (χ4n) is 1.93. The zero-order valence-electron chi connectivity index (χ0n) is 12.2. The normalized spacial score (nSPS) is 11.3. The van der Waals surface area contributed by atoms with Crippen LogP contribution in [0, 0.1) is 0 Å².